The minimum atomic E-state index is 0.00491. The van der Waals surface area contributed by atoms with Gasteiger partial charge in [-0.1, -0.05) is 37.6 Å². The molecule has 0 unspecified atom stereocenters. The number of amides is 1. The van der Waals surface area contributed by atoms with Gasteiger partial charge in [-0.2, -0.15) is 0 Å². The van der Waals surface area contributed by atoms with Crippen molar-refractivity contribution in [2.24, 2.45) is 7.05 Å². The van der Waals surface area contributed by atoms with Crippen molar-refractivity contribution in [3.05, 3.63) is 45.1 Å². The molecular formula is C20H23ClN4OS. The number of para-hydroxylation sites is 2. The van der Waals surface area contributed by atoms with E-state index in [2.05, 4.69) is 42.6 Å². The van der Waals surface area contributed by atoms with Crippen LogP contribution < -0.4 is 0 Å². The van der Waals surface area contributed by atoms with E-state index in [9.17, 15) is 4.79 Å². The molecule has 4 rings (SSSR count). The molecule has 0 radical (unpaired) electrons. The Bertz CT molecular complexity index is 985. The van der Waals surface area contributed by atoms with E-state index in [1.807, 2.05) is 17.0 Å². The molecule has 1 saturated heterocycles. The number of hydrogen-bond acceptors (Lipinski definition) is 4. The smallest absolute Gasteiger partial charge is 0.273 e. The summed E-state index contributed by atoms with van der Waals surface area (Å²) in [5.41, 5.74) is 2.72. The number of likely N-dealkylation sites (tertiary alicyclic amines) is 1. The largest absolute Gasteiger partial charge is 0.337 e. The van der Waals surface area contributed by atoms with Gasteiger partial charge in [-0.25, -0.2) is 9.97 Å². The lowest BCUT2D eigenvalue weighted by molar-refractivity contribution is 0.0704. The van der Waals surface area contributed by atoms with Gasteiger partial charge in [-0.3, -0.25) is 4.79 Å². The molecule has 1 aliphatic rings. The third-order valence-corrected chi connectivity index (χ3v) is 6.78. The molecule has 1 amide bonds. The molecule has 1 aliphatic heterocycles. The minimum Gasteiger partial charge on any atom is -0.337 e. The number of piperidine rings is 1. The maximum absolute atomic E-state index is 13.0. The minimum absolute atomic E-state index is 0.00491. The van der Waals surface area contributed by atoms with Gasteiger partial charge in [0.1, 0.15) is 11.5 Å². The average Bonchev–Trinajstić information content (AvgIpc) is 3.22. The maximum Gasteiger partial charge on any atom is 0.273 e. The number of thiazole rings is 1. The highest BCUT2D eigenvalue weighted by atomic mass is 35.5. The van der Waals surface area contributed by atoms with Crippen molar-refractivity contribution in [1.29, 1.82) is 0 Å². The predicted molar refractivity (Wildman–Crippen MR) is 110 cm³/mol. The van der Waals surface area contributed by atoms with Crippen molar-refractivity contribution in [2.75, 3.05) is 13.1 Å². The molecule has 0 bridgehead atoms. The van der Waals surface area contributed by atoms with E-state index < -0.39 is 0 Å². The Hall–Kier alpha value is -1.92. The molecule has 3 heterocycles. The summed E-state index contributed by atoms with van der Waals surface area (Å²) >= 11 is 7.49. The molecule has 3 aromatic rings. The Morgan fingerprint density at radius 1 is 1.22 bits per heavy atom. The molecule has 0 aliphatic carbocycles. The second-order valence-electron chi connectivity index (χ2n) is 7.42. The summed E-state index contributed by atoms with van der Waals surface area (Å²) in [6.45, 7) is 5.58. The van der Waals surface area contributed by atoms with Crippen LogP contribution in [0, 0.1) is 0 Å². The number of aromatic nitrogens is 3. The number of nitrogens with zero attached hydrogens (tertiary/aromatic N) is 4. The molecule has 5 nitrogen and oxygen atoms in total. The Labute approximate surface area is 168 Å². The molecule has 1 aromatic carbocycles. The summed E-state index contributed by atoms with van der Waals surface area (Å²) in [7, 11) is 2.08. The number of aryl methyl sites for hydroxylation is 1. The number of rotatable bonds is 3. The Balaban J connectivity index is 1.50. The fraction of sp³-hybridized carbons (Fsp3) is 0.450. The zero-order valence-electron chi connectivity index (χ0n) is 15.8. The van der Waals surface area contributed by atoms with Crippen molar-refractivity contribution in [3.63, 3.8) is 0 Å². The summed E-state index contributed by atoms with van der Waals surface area (Å²) in [5, 5.41) is 0. The van der Waals surface area contributed by atoms with Crippen LogP contribution in [0.3, 0.4) is 0 Å². The number of carbonyl (C=O) groups is 1. The van der Waals surface area contributed by atoms with Crippen LogP contribution in [0.15, 0.2) is 24.3 Å². The van der Waals surface area contributed by atoms with Gasteiger partial charge in [0, 0.05) is 30.9 Å². The molecule has 0 atom stereocenters. The van der Waals surface area contributed by atoms with E-state index in [-0.39, 0.29) is 11.8 Å². The van der Waals surface area contributed by atoms with Crippen molar-refractivity contribution in [3.8, 4) is 0 Å². The fourth-order valence-electron chi connectivity index (χ4n) is 3.87. The SMILES string of the molecule is CC(C)c1sc(Cl)nc1C(=O)N1CCC(c2nc3ccccc3n2C)CC1. The molecule has 7 heteroatoms. The highest BCUT2D eigenvalue weighted by molar-refractivity contribution is 7.16. The van der Waals surface area contributed by atoms with Gasteiger partial charge in [0.25, 0.3) is 5.91 Å². The van der Waals surface area contributed by atoms with Gasteiger partial charge in [0.2, 0.25) is 0 Å². The standard InChI is InChI=1S/C20H23ClN4OS/c1-12(2)17-16(23-20(21)27-17)19(26)25-10-8-13(9-11-25)18-22-14-6-4-5-7-15(14)24(18)3/h4-7,12-13H,8-11H2,1-3H3. The number of benzene rings is 1. The summed E-state index contributed by atoms with van der Waals surface area (Å²) < 4.78 is 2.63. The number of hydrogen-bond donors (Lipinski definition) is 0. The average molecular weight is 403 g/mol. The second-order valence-corrected chi connectivity index (χ2v) is 9.03. The lowest BCUT2D eigenvalue weighted by Gasteiger charge is -2.31. The lowest BCUT2D eigenvalue weighted by atomic mass is 9.95. The predicted octanol–water partition coefficient (Wildman–Crippen LogP) is 4.83. The topological polar surface area (TPSA) is 51.0 Å². The van der Waals surface area contributed by atoms with E-state index in [1.54, 1.807) is 0 Å². The van der Waals surface area contributed by atoms with Gasteiger partial charge in [-0.05, 0) is 30.9 Å². The molecule has 0 spiro atoms. The molecule has 27 heavy (non-hydrogen) atoms. The highest BCUT2D eigenvalue weighted by Gasteiger charge is 2.30. The molecule has 2 aromatic heterocycles. The van der Waals surface area contributed by atoms with Gasteiger partial charge in [0.05, 0.1) is 11.0 Å². The van der Waals surface area contributed by atoms with Crippen molar-refractivity contribution < 1.29 is 4.79 Å². The molecule has 142 valence electrons. The zero-order valence-corrected chi connectivity index (χ0v) is 17.3. The van der Waals surface area contributed by atoms with Crippen molar-refractivity contribution >= 4 is 39.9 Å². The second kappa shape index (κ2) is 7.24. The van der Waals surface area contributed by atoms with Crippen LogP contribution in [0.25, 0.3) is 11.0 Å². The van der Waals surface area contributed by atoms with Gasteiger partial charge < -0.3 is 9.47 Å². The third kappa shape index (κ3) is 3.36. The van der Waals surface area contributed by atoms with Crippen molar-refractivity contribution in [1.82, 2.24) is 19.4 Å². The van der Waals surface area contributed by atoms with Crippen molar-refractivity contribution in [2.45, 2.75) is 38.5 Å². The first-order valence-electron chi connectivity index (χ1n) is 9.32. The van der Waals surface area contributed by atoms with E-state index in [1.165, 1.54) is 11.3 Å². The van der Waals surface area contributed by atoms with E-state index in [4.69, 9.17) is 16.6 Å². The van der Waals surface area contributed by atoms with Crippen LogP contribution >= 0.6 is 22.9 Å². The summed E-state index contributed by atoms with van der Waals surface area (Å²) in [6, 6.07) is 8.22. The third-order valence-electron chi connectivity index (χ3n) is 5.32. The van der Waals surface area contributed by atoms with E-state index in [0.29, 0.717) is 16.1 Å². The molecule has 1 fully saturated rings. The number of halogens is 1. The van der Waals surface area contributed by atoms with Crippen LogP contribution in [0.5, 0.6) is 0 Å². The number of carbonyl (C=O) groups excluding carboxylic acids is 1. The van der Waals surface area contributed by atoms with Crippen LogP contribution in [-0.2, 0) is 7.05 Å². The fourth-order valence-corrected chi connectivity index (χ4v) is 4.99. The maximum atomic E-state index is 13.0. The first kappa shape index (κ1) is 18.4. The molecule has 0 saturated carbocycles. The number of fused-ring (bicyclic) bond motifs is 1. The first-order chi connectivity index (χ1) is 13.0. The number of imidazole rings is 1. The highest BCUT2D eigenvalue weighted by Crippen LogP contribution is 2.33. The van der Waals surface area contributed by atoms with Crippen LogP contribution in [0.1, 0.15) is 59.7 Å². The quantitative estimate of drug-likeness (QED) is 0.630. The van der Waals surface area contributed by atoms with Crippen LogP contribution in [0.2, 0.25) is 4.47 Å². The van der Waals surface area contributed by atoms with E-state index >= 15 is 0 Å². The van der Waals surface area contributed by atoms with Gasteiger partial charge >= 0.3 is 0 Å². The Kier molecular flexibility index (Phi) is 4.95. The Morgan fingerprint density at radius 3 is 2.59 bits per heavy atom. The van der Waals surface area contributed by atoms with Gasteiger partial charge in [0.15, 0.2) is 4.47 Å². The summed E-state index contributed by atoms with van der Waals surface area (Å²) in [4.78, 5) is 25.0. The van der Waals surface area contributed by atoms with Crippen LogP contribution in [-0.4, -0.2) is 38.4 Å². The zero-order chi connectivity index (χ0) is 19.1. The summed E-state index contributed by atoms with van der Waals surface area (Å²) in [6.07, 6.45) is 1.83. The van der Waals surface area contributed by atoms with Crippen LogP contribution in [0.4, 0.5) is 0 Å². The monoisotopic (exact) mass is 402 g/mol. The lowest BCUT2D eigenvalue weighted by Crippen LogP contribution is -2.38. The molecular weight excluding hydrogens is 380 g/mol. The summed E-state index contributed by atoms with van der Waals surface area (Å²) in [5.74, 6) is 1.73. The van der Waals surface area contributed by atoms with Gasteiger partial charge in [-0.15, -0.1) is 11.3 Å². The first-order valence-corrected chi connectivity index (χ1v) is 10.5. The normalized spacial score (nSPS) is 15.8. The van der Waals surface area contributed by atoms with E-state index in [0.717, 1.165) is 47.7 Å². The molecule has 0 N–H and O–H groups in total. The Morgan fingerprint density at radius 2 is 1.93 bits per heavy atom.